The summed E-state index contributed by atoms with van der Waals surface area (Å²) in [5.41, 5.74) is 1.15. The molecule has 0 N–H and O–H groups in total. The molecule has 0 spiro atoms. The van der Waals surface area contributed by atoms with Crippen molar-refractivity contribution in [2.45, 2.75) is 31.7 Å². The molecule has 0 radical (unpaired) electrons. The third-order valence-corrected chi connectivity index (χ3v) is 4.04. The Hall–Kier alpha value is -1.20. The molecule has 5 heteroatoms. The molecule has 3 nitrogen and oxygen atoms in total. The average molecular weight is 268 g/mol. The highest BCUT2D eigenvalue weighted by atomic mass is 19.3. The highest BCUT2D eigenvalue weighted by Crippen LogP contribution is 2.33. The number of rotatable bonds is 4. The Bertz CT molecular complexity index is 426. The summed E-state index contributed by atoms with van der Waals surface area (Å²) in [5.74, 6) is 0.224. The molecule has 1 aromatic rings. The second-order valence-electron chi connectivity index (χ2n) is 5.46. The van der Waals surface area contributed by atoms with Gasteiger partial charge >= 0.3 is 6.61 Å². The number of fused-ring (bicyclic) bond motifs is 2. The van der Waals surface area contributed by atoms with Crippen molar-refractivity contribution in [3.05, 3.63) is 29.8 Å². The van der Waals surface area contributed by atoms with Gasteiger partial charge in [0.15, 0.2) is 0 Å². The summed E-state index contributed by atoms with van der Waals surface area (Å²) in [4.78, 5) is 4.87. The second kappa shape index (κ2) is 5.06. The summed E-state index contributed by atoms with van der Waals surface area (Å²) in [5, 5.41) is 0. The normalized spacial score (nSPS) is 27.4. The van der Waals surface area contributed by atoms with E-state index in [1.165, 1.54) is 6.42 Å². The summed E-state index contributed by atoms with van der Waals surface area (Å²) >= 11 is 0. The molecule has 104 valence electrons. The van der Waals surface area contributed by atoms with Gasteiger partial charge in [0.05, 0.1) is 0 Å². The highest BCUT2D eigenvalue weighted by molar-refractivity contribution is 5.27. The van der Waals surface area contributed by atoms with E-state index >= 15 is 0 Å². The van der Waals surface area contributed by atoms with Crippen LogP contribution in [0.1, 0.15) is 12.0 Å². The molecule has 3 aliphatic rings. The van der Waals surface area contributed by atoms with Gasteiger partial charge in [-0.2, -0.15) is 8.78 Å². The SMILES string of the molecule is CN1CC2CC(C1)N2Cc1ccc(OC(F)F)cc1. The van der Waals surface area contributed by atoms with Gasteiger partial charge in [-0.1, -0.05) is 12.1 Å². The first-order chi connectivity index (χ1) is 9.11. The van der Waals surface area contributed by atoms with E-state index in [1.807, 2.05) is 12.1 Å². The Balaban J connectivity index is 1.59. The van der Waals surface area contributed by atoms with Gasteiger partial charge < -0.3 is 9.64 Å². The Kier molecular flexibility index (Phi) is 3.41. The minimum atomic E-state index is -2.75. The molecule has 3 heterocycles. The summed E-state index contributed by atoms with van der Waals surface area (Å²) in [7, 11) is 2.16. The van der Waals surface area contributed by atoms with Crippen molar-refractivity contribution in [2.24, 2.45) is 0 Å². The molecule has 2 bridgehead atoms. The number of alkyl halides is 2. The van der Waals surface area contributed by atoms with Crippen LogP contribution >= 0.6 is 0 Å². The van der Waals surface area contributed by atoms with Gasteiger partial charge in [-0.3, -0.25) is 4.90 Å². The van der Waals surface area contributed by atoms with Gasteiger partial charge in [-0.05, 0) is 31.2 Å². The first-order valence-corrected chi connectivity index (χ1v) is 6.60. The van der Waals surface area contributed by atoms with Crippen LogP contribution in [-0.4, -0.2) is 48.6 Å². The average Bonchev–Trinajstić information content (AvgIpc) is 2.37. The first-order valence-electron chi connectivity index (χ1n) is 6.60. The number of hydrogen-bond donors (Lipinski definition) is 0. The van der Waals surface area contributed by atoms with Gasteiger partial charge in [0.1, 0.15) is 5.75 Å². The van der Waals surface area contributed by atoms with Gasteiger partial charge in [-0.25, -0.2) is 0 Å². The van der Waals surface area contributed by atoms with Gasteiger partial charge in [-0.15, -0.1) is 0 Å². The maximum Gasteiger partial charge on any atom is 0.387 e. The molecule has 3 fully saturated rings. The second-order valence-corrected chi connectivity index (χ2v) is 5.46. The van der Waals surface area contributed by atoms with Gasteiger partial charge in [0.25, 0.3) is 0 Å². The summed E-state index contributed by atoms with van der Waals surface area (Å²) < 4.78 is 28.5. The Morgan fingerprint density at radius 1 is 1.21 bits per heavy atom. The lowest BCUT2D eigenvalue weighted by Gasteiger charge is -2.56. The fourth-order valence-electron chi connectivity index (χ4n) is 3.14. The van der Waals surface area contributed by atoms with E-state index in [-0.39, 0.29) is 5.75 Å². The van der Waals surface area contributed by atoms with Gasteiger partial charge in [0.2, 0.25) is 0 Å². The van der Waals surface area contributed by atoms with E-state index in [0.29, 0.717) is 12.1 Å². The number of likely N-dealkylation sites (N-methyl/N-ethyl adjacent to an activating group) is 1. The summed E-state index contributed by atoms with van der Waals surface area (Å²) in [6.45, 7) is 0.403. The van der Waals surface area contributed by atoms with Crippen LogP contribution in [0, 0.1) is 0 Å². The van der Waals surface area contributed by atoms with E-state index in [0.717, 1.165) is 25.2 Å². The minimum Gasteiger partial charge on any atom is -0.435 e. The topological polar surface area (TPSA) is 15.7 Å². The predicted octanol–water partition coefficient (Wildman–Crippen LogP) is 2.18. The van der Waals surface area contributed by atoms with E-state index in [2.05, 4.69) is 21.6 Å². The highest BCUT2D eigenvalue weighted by Gasteiger charge is 2.42. The zero-order chi connectivity index (χ0) is 13.4. The van der Waals surface area contributed by atoms with Crippen LogP contribution < -0.4 is 4.74 Å². The molecule has 1 aromatic carbocycles. The zero-order valence-corrected chi connectivity index (χ0v) is 10.9. The van der Waals surface area contributed by atoms with Crippen molar-refractivity contribution in [1.29, 1.82) is 0 Å². The monoisotopic (exact) mass is 268 g/mol. The summed E-state index contributed by atoms with van der Waals surface area (Å²) in [6, 6.07) is 8.28. The van der Waals surface area contributed by atoms with E-state index < -0.39 is 6.61 Å². The largest absolute Gasteiger partial charge is 0.435 e. The van der Waals surface area contributed by atoms with Crippen LogP contribution in [0.3, 0.4) is 0 Å². The zero-order valence-electron chi connectivity index (χ0n) is 10.9. The number of hydrogen-bond acceptors (Lipinski definition) is 3. The molecular formula is C14H18F2N2O. The molecule has 2 unspecified atom stereocenters. The van der Waals surface area contributed by atoms with Crippen molar-refractivity contribution in [2.75, 3.05) is 20.1 Å². The molecule has 3 saturated heterocycles. The third-order valence-electron chi connectivity index (χ3n) is 4.04. The molecule has 0 aromatic heterocycles. The lowest BCUT2D eigenvalue weighted by Crippen LogP contribution is -2.67. The number of piperazine rings is 1. The lowest BCUT2D eigenvalue weighted by atomic mass is 9.87. The number of benzene rings is 1. The van der Waals surface area contributed by atoms with Crippen molar-refractivity contribution < 1.29 is 13.5 Å². The summed E-state index contributed by atoms with van der Waals surface area (Å²) in [6.07, 6.45) is 1.29. The fraction of sp³-hybridized carbons (Fsp3) is 0.571. The van der Waals surface area contributed by atoms with E-state index in [9.17, 15) is 8.78 Å². The van der Waals surface area contributed by atoms with Crippen LogP contribution in [0.2, 0.25) is 0 Å². The van der Waals surface area contributed by atoms with Crippen LogP contribution in [0.15, 0.2) is 24.3 Å². The fourth-order valence-corrected chi connectivity index (χ4v) is 3.14. The van der Waals surface area contributed by atoms with Crippen molar-refractivity contribution in [3.63, 3.8) is 0 Å². The molecule has 3 aliphatic heterocycles. The van der Waals surface area contributed by atoms with Crippen molar-refractivity contribution in [1.82, 2.24) is 9.80 Å². The van der Waals surface area contributed by atoms with Crippen LogP contribution in [0.25, 0.3) is 0 Å². The quantitative estimate of drug-likeness (QED) is 0.832. The minimum absolute atomic E-state index is 0.224. The molecule has 0 amide bonds. The molecule has 4 rings (SSSR count). The van der Waals surface area contributed by atoms with Crippen LogP contribution in [-0.2, 0) is 6.54 Å². The first kappa shape index (κ1) is 12.8. The predicted molar refractivity (Wildman–Crippen MR) is 68.3 cm³/mol. The molecule has 19 heavy (non-hydrogen) atoms. The van der Waals surface area contributed by atoms with Crippen LogP contribution in [0.5, 0.6) is 5.75 Å². The van der Waals surface area contributed by atoms with Crippen LogP contribution in [0.4, 0.5) is 8.78 Å². The maximum atomic E-state index is 12.1. The Labute approximate surface area is 111 Å². The number of ether oxygens (including phenoxy) is 1. The van der Waals surface area contributed by atoms with Gasteiger partial charge in [0, 0.05) is 31.7 Å². The maximum absolute atomic E-state index is 12.1. The third kappa shape index (κ3) is 2.72. The van der Waals surface area contributed by atoms with E-state index in [4.69, 9.17) is 0 Å². The van der Waals surface area contributed by atoms with Crippen molar-refractivity contribution in [3.8, 4) is 5.75 Å². The Morgan fingerprint density at radius 3 is 2.42 bits per heavy atom. The number of piperidine rings is 1. The Morgan fingerprint density at radius 2 is 1.84 bits per heavy atom. The molecular weight excluding hydrogens is 250 g/mol. The van der Waals surface area contributed by atoms with E-state index in [1.54, 1.807) is 12.1 Å². The van der Waals surface area contributed by atoms with Crippen molar-refractivity contribution >= 4 is 0 Å². The smallest absolute Gasteiger partial charge is 0.387 e. The number of halogens is 2. The standard InChI is InChI=1S/C14H18F2N2O/c1-17-8-11-6-12(9-17)18(11)7-10-2-4-13(5-3-10)19-14(15)16/h2-5,11-12,14H,6-9H2,1H3. The molecule has 2 atom stereocenters. The lowest BCUT2D eigenvalue weighted by molar-refractivity contribution is -0.0668. The molecule has 0 saturated carbocycles. The molecule has 0 aliphatic carbocycles. The number of nitrogens with zero attached hydrogens (tertiary/aromatic N) is 2.